The van der Waals surface area contributed by atoms with Gasteiger partial charge in [0.25, 0.3) is 0 Å². The quantitative estimate of drug-likeness (QED) is 0.836. The molecule has 0 saturated carbocycles. The molecule has 1 heterocycles. The number of nitrogens with two attached hydrogens (primary N) is 1. The fourth-order valence-corrected chi connectivity index (χ4v) is 1.64. The summed E-state index contributed by atoms with van der Waals surface area (Å²) in [5, 5.41) is 3.87. The molecule has 0 saturated heterocycles. The number of hydrogen-bond acceptors (Lipinski definition) is 3. The minimum Gasteiger partial charge on any atom is -0.384 e. The standard InChI is InChI=1S/C12H12ClN3/c1-8-2-4-11(10(13)6-8)16-9-3-5-12(14)15-7-9/h2-7,16H,1H3,(H2,14,15). The fourth-order valence-electron chi connectivity index (χ4n) is 1.36. The zero-order chi connectivity index (χ0) is 11.5. The van der Waals surface area contributed by atoms with Crippen molar-refractivity contribution >= 4 is 28.8 Å². The third kappa shape index (κ3) is 2.44. The first-order valence-electron chi connectivity index (χ1n) is 4.90. The molecule has 0 aliphatic rings. The van der Waals surface area contributed by atoms with Crippen LogP contribution in [0.25, 0.3) is 0 Å². The molecule has 0 radical (unpaired) electrons. The number of anilines is 3. The summed E-state index contributed by atoms with van der Waals surface area (Å²) in [7, 11) is 0. The van der Waals surface area contributed by atoms with E-state index in [2.05, 4.69) is 10.3 Å². The van der Waals surface area contributed by atoms with Crippen molar-refractivity contribution in [1.29, 1.82) is 0 Å². The van der Waals surface area contributed by atoms with Gasteiger partial charge in [0, 0.05) is 0 Å². The summed E-state index contributed by atoms with van der Waals surface area (Å²) in [6.07, 6.45) is 1.67. The summed E-state index contributed by atoms with van der Waals surface area (Å²) in [6.45, 7) is 2.00. The van der Waals surface area contributed by atoms with Gasteiger partial charge in [-0.05, 0) is 36.8 Å². The highest BCUT2D eigenvalue weighted by molar-refractivity contribution is 6.33. The third-order valence-corrected chi connectivity index (χ3v) is 2.50. The van der Waals surface area contributed by atoms with Gasteiger partial charge < -0.3 is 11.1 Å². The molecule has 0 fully saturated rings. The van der Waals surface area contributed by atoms with Crippen molar-refractivity contribution in [1.82, 2.24) is 4.98 Å². The minimum absolute atomic E-state index is 0.501. The van der Waals surface area contributed by atoms with Gasteiger partial charge in [0.15, 0.2) is 0 Å². The zero-order valence-corrected chi connectivity index (χ0v) is 9.62. The molecule has 1 aromatic heterocycles. The second-order valence-electron chi connectivity index (χ2n) is 3.58. The summed E-state index contributed by atoms with van der Waals surface area (Å²) >= 11 is 6.10. The maximum Gasteiger partial charge on any atom is 0.123 e. The Hall–Kier alpha value is -1.74. The van der Waals surface area contributed by atoms with Crippen molar-refractivity contribution in [3.8, 4) is 0 Å². The van der Waals surface area contributed by atoms with Crippen molar-refractivity contribution < 1.29 is 0 Å². The molecule has 2 aromatic rings. The number of nitrogen functional groups attached to an aromatic ring is 1. The maximum atomic E-state index is 6.10. The first-order chi connectivity index (χ1) is 7.65. The van der Waals surface area contributed by atoms with Crippen LogP contribution in [0, 0.1) is 6.92 Å². The van der Waals surface area contributed by atoms with Crippen molar-refractivity contribution in [3.05, 3.63) is 47.1 Å². The molecule has 0 amide bonds. The van der Waals surface area contributed by atoms with E-state index < -0.39 is 0 Å². The van der Waals surface area contributed by atoms with E-state index in [9.17, 15) is 0 Å². The van der Waals surface area contributed by atoms with Crippen LogP contribution in [0.4, 0.5) is 17.2 Å². The average Bonchev–Trinajstić information content (AvgIpc) is 2.25. The molecule has 0 bridgehead atoms. The van der Waals surface area contributed by atoms with E-state index in [-0.39, 0.29) is 0 Å². The first-order valence-corrected chi connectivity index (χ1v) is 5.27. The van der Waals surface area contributed by atoms with Gasteiger partial charge in [-0.15, -0.1) is 0 Å². The van der Waals surface area contributed by atoms with Gasteiger partial charge in [0.1, 0.15) is 5.82 Å². The van der Waals surface area contributed by atoms with E-state index >= 15 is 0 Å². The number of hydrogen-bond donors (Lipinski definition) is 2. The highest BCUT2D eigenvalue weighted by Crippen LogP contribution is 2.26. The first kappa shape index (κ1) is 10.8. The monoisotopic (exact) mass is 233 g/mol. The number of nitrogens with zero attached hydrogens (tertiary/aromatic N) is 1. The molecule has 82 valence electrons. The number of aromatic nitrogens is 1. The van der Waals surface area contributed by atoms with Crippen molar-refractivity contribution in [2.75, 3.05) is 11.1 Å². The largest absolute Gasteiger partial charge is 0.384 e. The van der Waals surface area contributed by atoms with Crippen molar-refractivity contribution in [3.63, 3.8) is 0 Å². The Morgan fingerprint density at radius 3 is 2.69 bits per heavy atom. The Bertz CT molecular complexity index is 494. The van der Waals surface area contributed by atoms with E-state index in [1.807, 2.05) is 31.2 Å². The molecule has 0 spiro atoms. The van der Waals surface area contributed by atoms with Crippen LogP contribution < -0.4 is 11.1 Å². The molecule has 0 aliphatic heterocycles. The molecule has 0 unspecified atom stereocenters. The molecule has 1 aromatic carbocycles. The van der Waals surface area contributed by atoms with Gasteiger partial charge in [-0.2, -0.15) is 0 Å². The Kier molecular flexibility index (Phi) is 2.97. The minimum atomic E-state index is 0.501. The van der Waals surface area contributed by atoms with Crippen LogP contribution in [-0.4, -0.2) is 4.98 Å². The molecule has 3 N–H and O–H groups in total. The second kappa shape index (κ2) is 4.41. The lowest BCUT2D eigenvalue weighted by atomic mass is 10.2. The highest BCUT2D eigenvalue weighted by Gasteiger charge is 2.00. The SMILES string of the molecule is Cc1ccc(Nc2ccc(N)nc2)c(Cl)c1. The molecule has 0 atom stereocenters. The molecule has 3 nitrogen and oxygen atoms in total. The number of benzene rings is 1. The zero-order valence-electron chi connectivity index (χ0n) is 8.87. The molecule has 0 aliphatic carbocycles. The molecule has 2 rings (SSSR count). The average molecular weight is 234 g/mol. The van der Waals surface area contributed by atoms with Gasteiger partial charge >= 0.3 is 0 Å². The van der Waals surface area contributed by atoms with Crippen LogP contribution in [0.1, 0.15) is 5.56 Å². The van der Waals surface area contributed by atoms with Crippen molar-refractivity contribution in [2.24, 2.45) is 0 Å². The summed E-state index contributed by atoms with van der Waals surface area (Å²) < 4.78 is 0. The van der Waals surface area contributed by atoms with E-state index in [1.165, 1.54) is 0 Å². The Morgan fingerprint density at radius 1 is 1.25 bits per heavy atom. The number of halogens is 1. The van der Waals surface area contributed by atoms with Crippen LogP contribution >= 0.6 is 11.6 Å². The van der Waals surface area contributed by atoms with E-state index in [0.717, 1.165) is 16.9 Å². The molecule has 4 heteroatoms. The van der Waals surface area contributed by atoms with Gasteiger partial charge in [-0.1, -0.05) is 17.7 Å². The van der Waals surface area contributed by atoms with Crippen molar-refractivity contribution in [2.45, 2.75) is 6.92 Å². The van der Waals surface area contributed by atoms with Gasteiger partial charge in [0.2, 0.25) is 0 Å². The number of aryl methyl sites for hydroxylation is 1. The lowest BCUT2D eigenvalue weighted by molar-refractivity contribution is 1.33. The number of nitrogens with one attached hydrogen (secondary N) is 1. The Labute approximate surface area is 99.3 Å². The Balaban J connectivity index is 2.23. The fraction of sp³-hybridized carbons (Fsp3) is 0.0833. The summed E-state index contributed by atoms with van der Waals surface area (Å²) in [4.78, 5) is 3.99. The van der Waals surface area contributed by atoms with Crippen LogP contribution in [-0.2, 0) is 0 Å². The maximum absolute atomic E-state index is 6.10. The highest BCUT2D eigenvalue weighted by atomic mass is 35.5. The summed E-state index contributed by atoms with van der Waals surface area (Å²) in [6, 6.07) is 9.45. The third-order valence-electron chi connectivity index (χ3n) is 2.19. The van der Waals surface area contributed by atoms with Gasteiger partial charge in [0.05, 0.1) is 22.6 Å². The smallest absolute Gasteiger partial charge is 0.123 e. The second-order valence-corrected chi connectivity index (χ2v) is 3.99. The van der Waals surface area contributed by atoms with Crippen LogP contribution in [0.3, 0.4) is 0 Å². The van der Waals surface area contributed by atoms with E-state index in [0.29, 0.717) is 10.8 Å². The van der Waals surface area contributed by atoms with Gasteiger partial charge in [-0.3, -0.25) is 0 Å². The van der Waals surface area contributed by atoms with E-state index in [4.69, 9.17) is 17.3 Å². The van der Waals surface area contributed by atoms with Crippen LogP contribution in [0.2, 0.25) is 5.02 Å². The van der Waals surface area contributed by atoms with Crippen LogP contribution in [0.5, 0.6) is 0 Å². The topological polar surface area (TPSA) is 50.9 Å². The van der Waals surface area contributed by atoms with Crippen LogP contribution in [0.15, 0.2) is 36.5 Å². The summed E-state index contributed by atoms with van der Waals surface area (Å²) in [5.41, 5.74) is 8.36. The lowest BCUT2D eigenvalue weighted by Crippen LogP contribution is -1.94. The lowest BCUT2D eigenvalue weighted by Gasteiger charge is -2.08. The van der Waals surface area contributed by atoms with E-state index in [1.54, 1.807) is 12.3 Å². The normalized spacial score (nSPS) is 10.1. The molecule has 16 heavy (non-hydrogen) atoms. The number of rotatable bonds is 2. The predicted octanol–water partition coefficient (Wildman–Crippen LogP) is 3.37. The summed E-state index contributed by atoms with van der Waals surface area (Å²) in [5.74, 6) is 0.501. The predicted molar refractivity (Wildman–Crippen MR) is 68.1 cm³/mol. The number of pyridine rings is 1. The molecular formula is C12H12ClN3. The van der Waals surface area contributed by atoms with Gasteiger partial charge in [-0.25, -0.2) is 4.98 Å². The molecular weight excluding hydrogens is 222 g/mol. The Morgan fingerprint density at radius 2 is 2.06 bits per heavy atom.